The number of likely N-dealkylation sites (N-methyl/N-ethyl adjacent to an activating group) is 1. The lowest BCUT2D eigenvalue weighted by atomic mass is 10.2. The van der Waals surface area contributed by atoms with Crippen LogP contribution in [0.15, 0.2) is 30.3 Å². The first-order valence-corrected chi connectivity index (χ1v) is 13.0. The molecule has 180 valence electrons. The van der Waals surface area contributed by atoms with Gasteiger partial charge in [0.1, 0.15) is 12.1 Å². The van der Waals surface area contributed by atoms with Crippen LogP contribution in [0.25, 0.3) is 5.69 Å². The molecule has 2 atom stereocenters. The van der Waals surface area contributed by atoms with E-state index in [1.54, 1.807) is 11.8 Å². The Balaban J connectivity index is 2.07. The van der Waals surface area contributed by atoms with E-state index in [0.717, 1.165) is 5.69 Å². The number of hydrogen-bond acceptors (Lipinski definition) is 9. The van der Waals surface area contributed by atoms with Crippen molar-refractivity contribution in [3.8, 4) is 5.69 Å². The van der Waals surface area contributed by atoms with Crippen LogP contribution in [0.1, 0.15) is 12.8 Å². The summed E-state index contributed by atoms with van der Waals surface area (Å²) in [6.45, 7) is -0.261. The summed E-state index contributed by atoms with van der Waals surface area (Å²) >= 11 is 3.09. The van der Waals surface area contributed by atoms with Gasteiger partial charge in [-0.15, -0.1) is 0 Å². The third-order valence-corrected chi connectivity index (χ3v) is 5.97. The van der Waals surface area contributed by atoms with Gasteiger partial charge >= 0.3 is 5.97 Å². The topological polar surface area (TPSA) is 142 Å². The van der Waals surface area contributed by atoms with Gasteiger partial charge in [0.05, 0.1) is 12.2 Å². The van der Waals surface area contributed by atoms with Gasteiger partial charge in [0, 0.05) is 7.05 Å². The van der Waals surface area contributed by atoms with Gasteiger partial charge in [-0.25, -0.2) is 4.79 Å². The van der Waals surface area contributed by atoms with Crippen molar-refractivity contribution in [2.75, 3.05) is 42.9 Å². The zero-order valence-electron chi connectivity index (χ0n) is 18.8. The summed E-state index contributed by atoms with van der Waals surface area (Å²) in [6, 6.07) is 7.60. The van der Waals surface area contributed by atoms with Gasteiger partial charge in [-0.05, 0) is 59.4 Å². The van der Waals surface area contributed by atoms with Crippen molar-refractivity contribution >= 4 is 47.3 Å². The van der Waals surface area contributed by atoms with E-state index in [0.29, 0.717) is 30.3 Å². The monoisotopic (exact) mass is 495 g/mol. The average Bonchev–Trinajstić information content (AvgIpc) is 3.27. The van der Waals surface area contributed by atoms with Gasteiger partial charge in [0.15, 0.2) is 0 Å². The first kappa shape index (κ1) is 26.5. The molecule has 3 N–H and O–H groups in total. The summed E-state index contributed by atoms with van der Waals surface area (Å²) in [7, 11) is 1.51. The Kier molecular flexibility index (Phi) is 11.0. The summed E-state index contributed by atoms with van der Waals surface area (Å²) in [5.41, 5.74) is 0.735. The predicted octanol–water partition coefficient (Wildman–Crippen LogP) is 0.977. The number of carboxylic acid groups (broad SMARTS) is 1. The van der Waals surface area contributed by atoms with Crippen LogP contribution in [0, 0.1) is 0 Å². The van der Waals surface area contributed by atoms with Crippen LogP contribution in [-0.2, 0) is 14.4 Å². The SMILES string of the molecule is CSCC[C@H](NC(=O)CN(C)C(=O)[C@H](CCSC)Nc1nnnn1-c1ccccc1)C(=O)O. The molecule has 0 unspecified atom stereocenters. The minimum Gasteiger partial charge on any atom is -0.480 e. The average molecular weight is 496 g/mol. The number of para-hydroxylation sites is 1. The molecule has 0 bridgehead atoms. The molecule has 0 saturated carbocycles. The number of anilines is 1. The molecule has 2 rings (SSSR count). The summed E-state index contributed by atoms with van der Waals surface area (Å²) in [5.74, 6) is -0.343. The van der Waals surface area contributed by atoms with E-state index in [-0.39, 0.29) is 12.5 Å². The van der Waals surface area contributed by atoms with Crippen molar-refractivity contribution < 1.29 is 19.5 Å². The zero-order valence-corrected chi connectivity index (χ0v) is 20.4. The molecular formula is C20H29N7O4S2. The van der Waals surface area contributed by atoms with Gasteiger partial charge in [-0.1, -0.05) is 23.3 Å². The van der Waals surface area contributed by atoms with Gasteiger partial charge in [-0.3, -0.25) is 9.59 Å². The molecule has 0 aliphatic rings. The molecule has 2 amide bonds. The van der Waals surface area contributed by atoms with Crippen LogP contribution in [0.5, 0.6) is 0 Å². The number of thioether (sulfide) groups is 2. The maximum Gasteiger partial charge on any atom is 0.326 e. The largest absolute Gasteiger partial charge is 0.480 e. The predicted molar refractivity (Wildman–Crippen MR) is 130 cm³/mol. The number of benzene rings is 1. The molecule has 0 fully saturated rings. The Hall–Kier alpha value is -2.80. The number of carbonyl (C=O) groups excluding carboxylic acids is 2. The number of carboxylic acids is 1. The van der Waals surface area contributed by atoms with E-state index in [1.165, 1.54) is 28.4 Å². The Morgan fingerprint density at radius 2 is 1.73 bits per heavy atom. The molecule has 13 heteroatoms. The van der Waals surface area contributed by atoms with Crippen molar-refractivity contribution in [3.05, 3.63) is 30.3 Å². The van der Waals surface area contributed by atoms with Crippen LogP contribution in [-0.4, -0.2) is 97.7 Å². The van der Waals surface area contributed by atoms with E-state index >= 15 is 0 Å². The summed E-state index contributed by atoms with van der Waals surface area (Å²) in [5, 5.41) is 26.6. The molecule has 0 aliphatic heterocycles. The molecule has 1 aromatic carbocycles. The fraction of sp³-hybridized carbons (Fsp3) is 0.500. The van der Waals surface area contributed by atoms with Crippen molar-refractivity contribution in [1.29, 1.82) is 0 Å². The zero-order chi connectivity index (χ0) is 24.2. The number of amides is 2. The highest BCUT2D eigenvalue weighted by atomic mass is 32.2. The van der Waals surface area contributed by atoms with Gasteiger partial charge in [0.2, 0.25) is 17.8 Å². The third kappa shape index (κ3) is 8.24. The molecule has 2 aromatic rings. The number of tetrazole rings is 1. The summed E-state index contributed by atoms with van der Waals surface area (Å²) in [4.78, 5) is 38.2. The molecule has 0 spiro atoms. The molecule has 1 aromatic heterocycles. The molecule has 0 radical (unpaired) electrons. The van der Waals surface area contributed by atoms with Crippen LogP contribution in [0.3, 0.4) is 0 Å². The van der Waals surface area contributed by atoms with E-state index < -0.39 is 24.0 Å². The number of nitrogens with zero attached hydrogens (tertiary/aromatic N) is 5. The first-order valence-electron chi connectivity index (χ1n) is 10.2. The lowest BCUT2D eigenvalue weighted by molar-refractivity contribution is -0.142. The minimum atomic E-state index is -1.10. The quantitative estimate of drug-likeness (QED) is 0.347. The summed E-state index contributed by atoms with van der Waals surface area (Å²) in [6.07, 6.45) is 4.59. The Labute approximate surface area is 201 Å². The highest BCUT2D eigenvalue weighted by molar-refractivity contribution is 7.98. The normalized spacial score (nSPS) is 12.6. The first-order chi connectivity index (χ1) is 15.9. The third-order valence-electron chi connectivity index (χ3n) is 4.68. The highest BCUT2D eigenvalue weighted by Crippen LogP contribution is 2.14. The minimum absolute atomic E-state index is 0.261. The maximum atomic E-state index is 13.1. The summed E-state index contributed by atoms with van der Waals surface area (Å²) < 4.78 is 1.50. The Bertz CT molecular complexity index is 913. The van der Waals surface area contributed by atoms with E-state index in [1.807, 2.05) is 42.8 Å². The number of rotatable bonds is 14. The molecule has 1 heterocycles. The lowest BCUT2D eigenvalue weighted by Gasteiger charge is -2.25. The van der Waals surface area contributed by atoms with E-state index in [2.05, 4.69) is 26.2 Å². The van der Waals surface area contributed by atoms with E-state index in [4.69, 9.17) is 0 Å². The number of nitrogens with one attached hydrogen (secondary N) is 2. The van der Waals surface area contributed by atoms with Crippen LogP contribution < -0.4 is 10.6 Å². The second-order valence-corrected chi connectivity index (χ2v) is 9.13. The Morgan fingerprint density at radius 1 is 1.09 bits per heavy atom. The van der Waals surface area contributed by atoms with Crippen LogP contribution >= 0.6 is 23.5 Å². The van der Waals surface area contributed by atoms with Crippen molar-refractivity contribution in [3.63, 3.8) is 0 Å². The van der Waals surface area contributed by atoms with Gasteiger partial charge in [-0.2, -0.15) is 28.2 Å². The van der Waals surface area contributed by atoms with Crippen molar-refractivity contribution in [1.82, 2.24) is 30.4 Å². The van der Waals surface area contributed by atoms with Gasteiger partial charge in [0.25, 0.3) is 0 Å². The van der Waals surface area contributed by atoms with Crippen molar-refractivity contribution in [2.45, 2.75) is 24.9 Å². The molecule has 33 heavy (non-hydrogen) atoms. The van der Waals surface area contributed by atoms with Crippen LogP contribution in [0.4, 0.5) is 5.95 Å². The fourth-order valence-corrected chi connectivity index (χ4v) is 3.90. The smallest absolute Gasteiger partial charge is 0.326 e. The molecule has 11 nitrogen and oxygen atoms in total. The number of aliphatic carboxylic acids is 1. The van der Waals surface area contributed by atoms with Crippen LogP contribution in [0.2, 0.25) is 0 Å². The number of aromatic nitrogens is 4. The second-order valence-electron chi connectivity index (χ2n) is 7.16. The van der Waals surface area contributed by atoms with Crippen molar-refractivity contribution in [2.24, 2.45) is 0 Å². The maximum absolute atomic E-state index is 13.1. The molecule has 0 saturated heterocycles. The Morgan fingerprint density at radius 3 is 2.33 bits per heavy atom. The number of hydrogen-bond donors (Lipinski definition) is 3. The molecule has 0 aliphatic carbocycles. The second kappa shape index (κ2) is 13.7. The van der Waals surface area contributed by atoms with E-state index in [9.17, 15) is 19.5 Å². The fourth-order valence-electron chi connectivity index (χ4n) is 2.96. The lowest BCUT2D eigenvalue weighted by Crippen LogP contribution is -2.49. The molecular weight excluding hydrogens is 466 g/mol. The standard InChI is InChI=1S/C20H29N7O4S2/c1-26(13-17(28)21-16(19(30)31)10-12-33-3)18(29)15(9-11-32-2)22-20-23-24-25-27(20)14-7-5-4-6-8-14/h4-8,15-16H,9-13H2,1-3H3,(H,21,28)(H,30,31)(H,22,23,25)/t15-,16-/m0/s1. The number of carbonyl (C=O) groups is 3. The van der Waals surface area contributed by atoms with Gasteiger partial charge < -0.3 is 20.6 Å². The highest BCUT2D eigenvalue weighted by Gasteiger charge is 2.27.